The molecule has 2 aromatic rings. The van der Waals surface area contributed by atoms with Crippen molar-refractivity contribution in [1.29, 1.82) is 0 Å². The normalized spacial score (nSPS) is 18.4. The summed E-state index contributed by atoms with van der Waals surface area (Å²) in [5.41, 5.74) is 6.00. The number of aromatic amines is 1. The molecule has 4 rings (SSSR count). The molecule has 1 aromatic carbocycles. The van der Waals surface area contributed by atoms with Gasteiger partial charge in [0, 0.05) is 31.2 Å². The van der Waals surface area contributed by atoms with Crippen molar-refractivity contribution in [2.24, 2.45) is 5.41 Å². The second-order valence-electron chi connectivity index (χ2n) is 13.3. The molecule has 0 atom stereocenters. The Kier molecular flexibility index (Phi) is 12.4. The number of carbonyl (C=O) groups excluding carboxylic acids is 2. The van der Waals surface area contributed by atoms with Crippen LogP contribution in [0.3, 0.4) is 0 Å². The van der Waals surface area contributed by atoms with Gasteiger partial charge in [0.2, 0.25) is 5.91 Å². The molecule has 1 amide bonds. The first-order valence-corrected chi connectivity index (χ1v) is 16.7. The quantitative estimate of drug-likeness (QED) is 0.127. The summed E-state index contributed by atoms with van der Waals surface area (Å²) in [6, 6.07) is 7.19. The van der Waals surface area contributed by atoms with E-state index in [0.717, 1.165) is 99.1 Å². The molecule has 0 saturated carbocycles. The molecule has 0 aliphatic carbocycles. The number of carbonyl (C=O) groups is 2. The van der Waals surface area contributed by atoms with Gasteiger partial charge in [0.25, 0.3) is 0 Å². The van der Waals surface area contributed by atoms with E-state index in [1.165, 1.54) is 11.1 Å². The number of rotatable bonds is 14. The second-order valence-corrected chi connectivity index (χ2v) is 13.8. The van der Waals surface area contributed by atoms with Gasteiger partial charge in [-0.1, -0.05) is 38.5 Å². The molecule has 1 aromatic heterocycles. The molecule has 2 saturated heterocycles. The highest BCUT2D eigenvalue weighted by Crippen LogP contribution is 2.43. The number of fused-ring (bicyclic) bond motifs is 2. The van der Waals surface area contributed by atoms with Crippen molar-refractivity contribution in [3.05, 3.63) is 51.1 Å². The van der Waals surface area contributed by atoms with Crippen LogP contribution >= 0.6 is 12.6 Å². The maximum Gasteiger partial charge on any atom is 0.233 e. The Balaban J connectivity index is 0.00000337. The smallest absolute Gasteiger partial charge is 0.233 e. The third kappa shape index (κ3) is 7.86. The summed E-state index contributed by atoms with van der Waals surface area (Å²) in [6.07, 6.45) is 11.1. The Labute approximate surface area is 268 Å². The summed E-state index contributed by atoms with van der Waals surface area (Å²) < 4.78 is 0. The molecule has 2 aliphatic rings. The summed E-state index contributed by atoms with van der Waals surface area (Å²) in [4.78, 5) is 36.8. The number of amides is 1. The van der Waals surface area contributed by atoms with Gasteiger partial charge in [-0.25, -0.2) is 0 Å². The maximum absolute atomic E-state index is 14.0. The molecule has 43 heavy (non-hydrogen) atoms. The van der Waals surface area contributed by atoms with Gasteiger partial charge in [0.1, 0.15) is 0 Å². The average molecular weight is 610 g/mol. The highest BCUT2D eigenvalue weighted by atomic mass is 32.1. The third-order valence-corrected chi connectivity index (χ3v) is 10.1. The Morgan fingerprint density at radius 2 is 1.53 bits per heavy atom. The lowest BCUT2D eigenvalue weighted by atomic mass is 9.88. The summed E-state index contributed by atoms with van der Waals surface area (Å²) >= 11 is 4.96. The molecule has 240 valence electrons. The summed E-state index contributed by atoms with van der Waals surface area (Å²) in [5.74, 6) is 0.313. The maximum atomic E-state index is 14.0. The van der Waals surface area contributed by atoms with Crippen molar-refractivity contribution < 1.29 is 11.0 Å². The molecule has 2 fully saturated rings. The summed E-state index contributed by atoms with van der Waals surface area (Å²) in [5, 5.41) is 0. The number of nitrogens with one attached hydrogen (secondary N) is 1. The summed E-state index contributed by atoms with van der Waals surface area (Å²) in [6.45, 7) is 17.9. The number of ketones is 1. The van der Waals surface area contributed by atoms with Crippen LogP contribution < -0.4 is 0 Å². The number of benzene rings is 1. The van der Waals surface area contributed by atoms with E-state index in [2.05, 4.69) is 60.7 Å². The Morgan fingerprint density at radius 1 is 0.977 bits per heavy atom. The molecule has 5 nitrogen and oxygen atoms in total. The van der Waals surface area contributed by atoms with Crippen molar-refractivity contribution in [1.82, 2.24) is 14.8 Å². The molecule has 3 heterocycles. The van der Waals surface area contributed by atoms with Crippen LogP contribution in [0.15, 0.2) is 23.1 Å². The zero-order chi connectivity index (χ0) is 30.6. The lowest BCUT2D eigenvalue weighted by Gasteiger charge is -2.32. The molecular weight excluding hydrogens is 550 g/mol. The standard InChI is InChI=1S/C36H53N3O2S.CH4.H2/c1-8-17-38(18-9-2)19-11-10-12-31(40)33-30(26(5)37-34(33)27-21-24(3)20-25(4)22-27)23-32(42)36(6,7)35(41)39-28-13-14-29(39)16-15-28;;/h20-23,28-29,37,42H,8-19H2,1-7H3;1H4;1H/b32-23-;;. The Hall–Kier alpha value is -2.31. The molecule has 2 bridgehead atoms. The SMILES string of the molecule is C.CCCN(CCC)CCCCC(=O)c1c(-c2cc(C)cc(C)c2)[nH]c(C)c1/C=C(\S)C(C)(C)C(=O)N1C2CCC1CC2.[HH]. The molecule has 0 spiro atoms. The van der Waals surface area contributed by atoms with E-state index in [1.54, 1.807) is 0 Å². The summed E-state index contributed by atoms with van der Waals surface area (Å²) in [7, 11) is 0. The number of H-pyrrole nitrogens is 1. The number of aryl methyl sites for hydroxylation is 3. The van der Waals surface area contributed by atoms with Gasteiger partial charge in [0.15, 0.2) is 5.78 Å². The van der Waals surface area contributed by atoms with E-state index in [4.69, 9.17) is 12.6 Å². The van der Waals surface area contributed by atoms with Crippen molar-refractivity contribution in [2.45, 2.75) is 126 Å². The molecular formula is C37H59N3O2S. The van der Waals surface area contributed by atoms with Crippen LogP contribution in [-0.4, -0.2) is 58.2 Å². The highest BCUT2D eigenvalue weighted by Gasteiger charge is 2.47. The van der Waals surface area contributed by atoms with Crippen molar-refractivity contribution in [2.75, 3.05) is 19.6 Å². The zero-order valence-electron chi connectivity index (χ0n) is 27.1. The average Bonchev–Trinajstić information content (AvgIpc) is 3.63. The van der Waals surface area contributed by atoms with Crippen LogP contribution in [0.5, 0.6) is 0 Å². The van der Waals surface area contributed by atoms with Crippen LogP contribution in [0.25, 0.3) is 17.3 Å². The Morgan fingerprint density at radius 3 is 2.07 bits per heavy atom. The molecule has 1 N–H and O–H groups in total. The number of nitrogens with zero attached hydrogens (tertiary/aromatic N) is 2. The number of aromatic nitrogens is 1. The van der Waals surface area contributed by atoms with E-state index in [-0.39, 0.29) is 20.5 Å². The fourth-order valence-electron chi connectivity index (χ4n) is 7.15. The van der Waals surface area contributed by atoms with E-state index in [9.17, 15) is 9.59 Å². The Bertz CT molecular complexity index is 1270. The fourth-order valence-corrected chi connectivity index (χ4v) is 7.38. The van der Waals surface area contributed by atoms with Crippen molar-refractivity contribution in [3.63, 3.8) is 0 Å². The number of hydrogen-bond acceptors (Lipinski definition) is 4. The topological polar surface area (TPSA) is 56.4 Å². The van der Waals surface area contributed by atoms with Gasteiger partial charge >= 0.3 is 0 Å². The second kappa shape index (κ2) is 15.1. The van der Waals surface area contributed by atoms with Crippen LogP contribution in [0.1, 0.15) is 127 Å². The number of hydrogen-bond donors (Lipinski definition) is 2. The molecule has 0 unspecified atom stereocenters. The highest BCUT2D eigenvalue weighted by molar-refractivity contribution is 7.84. The van der Waals surface area contributed by atoms with E-state index < -0.39 is 5.41 Å². The van der Waals surface area contributed by atoms with Gasteiger partial charge in [-0.15, -0.1) is 12.6 Å². The van der Waals surface area contributed by atoms with Gasteiger partial charge in [-0.2, -0.15) is 0 Å². The first kappa shape index (κ1) is 35.2. The van der Waals surface area contributed by atoms with Crippen molar-refractivity contribution >= 4 is 30.4 Å². The van der Waals surface area contributed by atoms with Crippen LogP contribution in [0.2, 0.25) is 0 Å². The van der Waals surface area contributed by atoms with Gasteiger partial charge in [0.05, 0.1) is 16.7 Å². The molecule has 2 aliphatic heterocycles. The minimum absolute atomic E-state index is 0. The van der Waals surface area contributed by atoms with Crippen LogP contribution in [-0.2, 0) is 4.79 Å². The zero-order valence-corrected chi connectivity index (χ0v) is 28.0. The van der Waals surface area contributed by atoms with Crippen LogP contribution in [0, 0.1) is 26.2 Å². The molecule has 6 heteroatoms. The first-order valence-electron chi connectivity index (χ1n) is 16.3. The van der Waals surface area contributed by atoms with E-state index >= 15 is 0 Å². The lowest BCUT2D eigenvalue weighted by molar-refractivity contribution is -0.139. The first-order chi connectivity index (χ1) is 20.0. The monoisotopic (exact) mass is 609 g/mol. The van der Waals surface area contributed by atoms with Crippen LogP contribution in [0.4, 0.5) is 0 Å². The lowest BCUT2D eigenvalue weighted by Crippen LogP contribution is -2.44. The van der Waals surface area contributed by atoms with Gasteiger partial charge in [-0.3, -0.25) is 9.59 Å². The predicted molar refractivity (Wildman–Crippen MR) is 188 cm³/mol. The van der Waals surface area contributed by atoms with Gasteiger partial charge in [-0.05, 0) is 134 Å². The molecule has 0 radical (unpaired) electrons. The fraction of sp³-hybridized carbons (Fsp3) is 0.622. The number of unbranched alkanes of at least 4 members (excludes halogenated alkanes) is 1. The predicted octanol–water partition coefficient (Wildman–Crippen LogP) is 9.41. The number of thiol groups is 1. The van der Waals surface area contributed by atoms with E-state index in [0.29, 0.717) is 23.4 Å². The minimum Gasteiger partial charge on any atom is -0.358 e. The van der Waals surface area contributed by atoms with Gasteiger partial charge < -0.3 is 14.8 Å². The van der Waals surface area contributed by atoms with E-state index in [1.807, 2.05) is 26.8 Å². The van der Waals surface area contributed by atoms with Crippen molar-refractivity contribution in [3.8, 4) is 11.3 Å². The number of Topliss-reactive ketones (excluding diaryl/α,β-unsaturated/α-hetero) is 1. The third-order valence-electron chi connectivity index (χ3n) is 9.38. The minimum atomic E-state index is -0.763. The largest absolute Gasteiger partial charge is 0.358 e.